The minimum Gasteiger partial charge on any atom is -0.339 e. The molecular weight excluding hydrogens is 448 g/mol. The van der Waals surface area contributed by atoms with Gasteiger partial charge in [0.25, 0.3) is 5.91 Å². The van der Waals surface area contributed by atoms with E-state index in [9.17, 15) is 9.59 Å². The van der Waals surface area contributed by atoms with Crippen molar-refractivity contribution in [2.24, 2.45) is 0 Å². The van der Waals surface area contributed by atoms with Crippen LogP contribution in [0.2, 0.25) is 0 Å². The summed E-state index contributed by atoms with van der Waals surface area (Å²) < 4.78 is 0. The van der Waals surface area contributed by atoms with Gasteiger partial charge in [0, 0.05) is 42.9 Å². The molecule has 1 aromatic heterocycles. The zero-order chi connectivity index (χ0) is 24.5. The summed E-state index contributed by atoms with van der Waals surface area (Å²) >= 11 is 1.38. The summed E-state index contributed by atoms with van der Waals surface area (Å²) in [4.78, 5) is 37.8. The fourth-order valence-electron chi connectivity index (χ4n) is 3.03. The molecule has 0 aliphatic heterocycles. The van der Waals surface area contributed by atoms with Crippen LogP contribution in [0.25, 0.3) is 0 Å². The van der Waals surface area contributed by atoms with Gasteiger partial charge >= 0.3 is 0 Å². The molecule has 0 aliphatic carbocycles. The maximum atomic E-state index is 13.2. The number of rotatable bonds is 9. The lowest BCUT2D eigenvalue weighted by atomic mass is 10.2. The highest BCUT2D eigenvalue weighted by molar-refractivity contribution is 7.98. The monoisotopic (exact) mass is 476 g/mol. The van der Waals surface area contributed by atoms with E-state index in [0.29, 0.717) is 34.5 Å². The van der Waals surface area contributed by atoms with Gasteiger partial charge in [-0.05, 0) is 50.7 Å². The molecule has 9 heteroatoms. The number of nitrogens with one attached hydrogen (secondary N) is 2. The Morgan fingerprint density at radius 3 is 2.47 bits per heavy atom. The van der Waals surface area contributed by atoms with Crippen molar-refractivity contribution >= 4 is 46.5 Å². The lowest BCUT2D eigenvalue weighted by Crippen LogP contribution is -2.27. The predicted octanol–water partition coefficient (Wildman–Crippen LogP) is 4.28. The van der Waals surface area contributed by atoms with Gasteiger partial charge in [-0.25, -0.2) is 9.97 Å². The summed E-state index contributed by atoms with van der Waals surface area (Å²) in [6.45, 7) is 0.675. The van der Waals surface area contributed by atoms with E-state index < -0.39 is 0 Å². The fraction of sp³-hybridized carbons (Fsp3) is 0.200. The first kappa shape index (κ1) is 24.9. The van der Waals surface area contributed by atoms with Gasteiger partial charge in [0.15, 0.2) is 5.16 Å². The molecule has 3 rings (SSSR count). The topological polar surface area (TPSA) is 90.5 Å². The molecule has 0 atom stereocenters. The number of carbonyl (C=O) groups excluding carboxylic acids is 2. The molecule has 176 valence electrons. The maximum Gasteiger partial charge on any atom is 0.263 e. The Morgan fingerprint density at radius 1 is 1.03 bits per heavy atom. The van der Waals surface area contributed by atoms with Crippen LogP contribution in [0.15, 0.2) is 78.1 Å². The minimum atomic E-state index is -0.239. The molecule has 0 radical (unpaired) electrons. The average molecular weight is 477 g/mol. The third-order valence-corrected chi connectivity index (χ3v) is 5.32. The molecule has 0 saturated heterocycles. The SMILES string of the molecule is CSc1ncc(C(=O)N(C)c2ccccc2)c(Nc2cccc(NC(=O)C=CCN(C)C)c2)n1. The summed E-state index contributed by atoms with van der Waals surface area (Å²) in [5, 5.41) is 6.60. The number of thioether (sulfide) groups is 1. The Balaban J connectivity index is 1.82. The number of benzene rings is 2. The van der Waals surface area contributed by atoms with E-state index in [1.54, 1.807) is 30.2 Å². The molecule has 0 unspecified atom stereocenters. The zero-order valence-electron chi connectivity index (χ0n) is 19.6. The molecule has 2 amide bonds. The first-order chi connectivity index (χ1) is 16.4. The van der Waals surface area contributed by atoms with Crippen LogP contribution in [0.3, 0.4) is 0 Å². The van der Waals surface area contributed by atoms with Crippen molar-refractivity contribution in [2.45, 2.75) is 5.16 Å². The van der Waals surface area contributed by atoms with Crippen molar-refractivity contribution in [1.82, 2.24) is 14.9 Å². The van der Waals surface area contributed by atoms with Crippen LogP contribution >= 0.6 is 11.8 Å². The van der Waals surface area contributed by atoms with E-state index in [4.69, 9.17) is 0 Å². The van der Waals surface area contributed by atoms with Gasteiger partial charge in [-0.3, -0.25) is 9.59 Å². The van der Waals surface area contributed by atoms with Crippen molar-refractivity contribution in [3.05, 3.63) is 78.5 Å². The Kier molecular flexibility index (Phi) is 8.78. The lowest BCUT2D eigenvalue weighted by Gasteiger charge is -2.19. The number of amides is 2. The molecule has 0 fully saturated rings. The van der Waals surface area contributed by atoms with E-state index in [-0.39, 0.29) is 11.8 Å². The molecule has 0 aliphatic rings. The Morgan fingerprint density at radius 2 is 1.76 bits per heavy atom. The van der Waals surface area contributed by atoms with E-state index in [2.05, 4.69) is 20.6 Å². The summed E-state index contributed by atoms with van der Waals surface area (Å²) in [5.74, 6) is -0.0654. The van der Waals surface area contributed by atoms with Crippen LogP contribution in [0.4, 0.5) is 22.9 Å². The molecule has 0 spiro atoms. The summed E-state index contributed by atoms with van der Waals surface area (Å²) in [5.41, 5.74) is 2.40. The van der Waals surface area contributed by atoms with E-state index in [1.165, 1.54) is 24.0 Å². The summed E-state index contributed by atoms with van der Waals surface area (Å²) in [6.07, 6.45) is 6.70. The second-order valence-electron chi connectivity index (χ2n) is 7.68. The van der Waals surface area contributed by atoms with Gasteiger partial charge in [-0.15, -0.1) is 0 Å². The first-order valence-corrected chi connectivity index (χ1v) is 11.8. The number of carbonyl (C=O) groups is 2. The second kappa shape index (κ2) is 12.0. The molecule has 3 aromatic rings. The highest BCUT2D eigenvalue weighted by atomic mass is 32.2. The normalized spacial score (nSPS) is 11.0. The molecule has 2 N–H and O–H groups in total. The van der Waals surface area contributed by atoms with Gasteiger partial charge in [-0.2, -0.15) is 0 Å². The number of aromatic nitrogens is 2. The Hall–Kier alpha value is -3.69. The quantitative estimate of drug-likeness (QED) is 0.271. The molecule has 0 bridgehead atoms. The van der Waals surface area contributed by atoms with Crippen molar-refractivity contribution < 1.29 is 9.59 Å². The van der Waals surface area contributed by atoms with Gasteiger partial charge in [-0.1, -0.05) is 42.1 Å². The smallest absolute Gasteiger partial charge is 0.263 e. The highest BCUT2D eigenvalue weighted by Crippen LogP contribution is 2.25. The fourth-order valence-corrected chi connectivity index (χ4v) is 3.37. The summed E-state index contributed by atoms with van der Waals surface area (Å²) in [7, 11) is 5.58. The van der Waals surface area contributed by atoms with Gasteiger partial charge in [0.2, 0.25) is 5.91 Å². The molecule has 8 nitrogen and oxygen atoms in total. The highest BCUT2D eigenvalue weighted by Gasteiger charge is 2.20. The number of hydrogen-bond donors (Lipinski definition) is 2. The summed E-state index contributed by atoms with van der Waals surface area (Å²) in [6, 6.07) is 16.6. The number of nitrogens with zero attached hydrogens (tertiary/aromatic N) is 4. The third kappa shape index (κ3) is 6.90. The van der Waals surface area contributed by atoms with Gasteiger partial charge < -0.3 is 20.4 Å². The first-order valence-electron chi connectivity index (χ1n) is 10.6. The molecule has 1 heterocycles. The van der Waals surface area contributed by atoms with Crippen LogP contribution in [0.5, 0.6) is 0 Å². The van der Waals surface area contributed by atoms with Crippen molar-refractivity contribution in [3.63, 3.8) is 0 Å². The third-order valence-electron chi connectivity index (χ3n) is 4.76. The number of likely N-dealkylation sites (N-methyl/N-ethyl adjacent to an activating group) is 1. The zero-order valence-corrected chi connectivity index (χ0v) is 20.5. The van der Waals surface area contributed by atoms with Crippen molar-refractivity contribution in [1.29, 1.82) is 0 Å². The number of hydrogen-bond acceptors (Lipinski definition) is 7. The van der Waals surface area contributed by atoms with Gasteiger partial charge in [0.05, 0.1) is 0 Å². The Bertz CT molecular complexity index is 1170. The van der Waals surface area contributed by atoms with Crippen LogP contribution in [0.1, 0.15) is 10.4 Å². The van der Waals surface area contributed by atoms with E-state index in [1.807, 2.05) is 67.7 Å². The van der Waals surface area contributed by atoms with Crippen LogP contribution in [0, 0.1) is 0 Å². The lowest BCUT2D eigenvalue weighted by molar-refractivity contribution is -0.111. The van der Waals surface area contributed by atoms with Crippen molar-refractivity contribution in [3.8, 4) is 0 Å². The largest absolute Gasteiger partial charge is 0.339 e. The van der Waals surface area contributed by atoms with Crippen LogP contribution < -0.4 is 15.5 Å². The van der Waals surface area contributed by atoms with Gasteiger partial charge in [0.1, 0.15) is 11.4 Å². The van der Waals surface area contributed by atoms with E-state index >= 15 is 0 Å². The molecule has 34 heavy (non-hydrogen) atoms. The van der Waals surface area contributed by atoms with Crippen LogP contribution in [-0.2, 0) is 4.79 Å². The second-order valence-corrected chi connectivity index (χ2v) is 8.45. The Labute approximate surface area is 204 Å². The number of anilines is 4. The minimum absolute atomic E-state index is 0.217. The predicted molar refractivity (Wildman–Crippen MR) is 139 cm³/mol. The van der Waals surface area contributed by atoms with Crippen molar-refractivity contribution in [2.75, 3.05) is 49.5 Å². The average Bonchev–Trinajstić information content (AvgIpc) is 2.83. The molecule has 2 aromatic carbocycles. The molecule has 0 saturated carbocycles. The number of para-hydroxylation sites is 1. The molecular formula is C25H28N6O2S. The standard InChI is InChI=1S/C25H28N6O2S/c1-30(2)15-9-14-22(32)27-18-10-8-11-19(16-18)28-23-21(17-26-25(29-23)34-4)24(33)31(3)20-12-6-5-7-13-20/h5-14,16-17H,15H2,1-4H3,(H,27,32)(H,26,28,29). The van der Waals surface area contributed by atoms with E-state index in [0.717, 1.165) is 5.69 Å². The van der Waals surface area contributed by atoms with Crippen LogP contribution in [-0.4, -0.2) is 60.6 Å². The maximum absolute atomic E-state index is 13.2.